The van der Waals surface area contributed by atoms with E-state index in [2.05, 4.69) is 14.8 Å². The molecule has 27 heavy (non-hydrogen) atoms. The van der Waals surface area contributed by atoms with Gasteiger partial charge >= 0.3 is 0 Å². The monoisotopic (exact) mass is 386 g/mol. The molecule has 0 aliphatic heterocycles. The highest BCUT2D eigenvalue weighted by Gasteiger charge is 2.25. The standard InChI is InChI=1S/C19H22N4O3S/c1-13(2)26-19-16(10-14(3)11-20-19)22-27(24,25)17-12-23(4)21-18(17)15-8-6-5-7-9-15/h5-13,22H,1-4H3. The van der Waals surface area contributed by atoms with Crippen LogP contribution in [0.1, 0.15) is 19.4 Å². The van der Waals surface area contributed by atoms with Crippen molar-refractivity contribution in [2.24, 2.45) is 7.05 Å². The van der Waals surface area contributed by atoms with Gasteiger partial charge in [-0.2, -0.15) is 5.10 Å². The van der Waals surface area contributed by atoms with Gasteiger partial charge in [0.25, 0.3) is 10.0 Å². The lowest BCUT2D eigenvalue weighted by Gasteiger charge is -2.15. The van der Waals surface area contributed by atoms with E-state index in [1.807, 2.05) is 51.1 Å². The number of anilines is 1. The summed E-state index contributed by atoms with van der Waals surface area (Å²) >= 11 is 0. The van der Waals surface area contributed by atoms with Gasteiger partial charge in [0.15, 0.2) is 0 Å². The van der Waals surface area contributed by atoms with Crippen molar-refractivity contribution in [1.29, 1.82) is 0 Å². The molecule has 0 radical (unpaired) electrons. The lowest BCUT2D eigenvalue weighted by atomic mass is 10.2. The molecule has 0 atom stereocenters. The van der Waals surface area contributed by atoms with Crippen LogP contribution in [-0.2, 0) is 17.1 Å². The van der Waals surface area contributed by atoms with Crippen LogP contribution in [0.25, 0.3) is 11.3 Å². The molecule has 1 N–H and O–H groups in total. The molecular formula is C19H22N4O3S. The van der Waals surface area contributed by atoms with E-state index in [0.29, 0.717) is 11.4 Å². The van der Waals surface area contributed by atoms with E-state index in [-0.39, 0.29) is 16.9 Å². The van der Waals surface area contributed by atoms with Crippen molar-refractivity contribution in [3.05, 3.63) is 54.4 Å². The fourth-order valence-electron chi connectivity index (χ4n) is 2.61. The number of ether oxygens (including phenoxy) is 1. The molecule has 0 saturated carbocycles. The van der Waals surface area contributed by atoms with E-state index >= 15 is 0 Å². The van der Waals surface area contributed by atoms with Crippen LogP contribution >= 0.6 is 0 Å². The van der Waals surface area contributed by atoms with E-state index in [1.165, 1.54) is 10.9 Å². The molecule has 0 amide bonds. The SMILES string of the molecule is Cc1cnc(OC(C)C)c(NS(=O)(=O)c2cn(C)nc2-c2ccccc2)c1. The first-order valence-corrected chi connectivity index (χ1v) is 10.00. The van der Waals surface area contributed by atoms with Crippen LogP contribution in [0.5, 0.6) is 5.88 Å². The Labute approximate surface area is 159 Å². The Morgan fingerprint density at radius 1 is 1.19 bits per heavy atom. The molecule has 3 rings (SSSR count). The number of sulfonamides is 1. The third-order valence-electron chi connectivity index (χ3n) is 3.71. The minimum atomic E-state index is -3.90. The van der Waals surface area contributed by atoms with Gasteiger partial charge in [0.05, 0.1) is 6.10 Å². The van der Waals surface area contributed by atoms with Crippen molar-refractivity contribution in [2.45, 2.75) is 31.8 Å². The maximum absolute atomic E-state index is 13.1. The summed E-state index contributed by atoms with van der Waals surface area (Å²) in [4.78, 5) is 4.30. The van der Waals surface area contributed by atoms with Crippen LogP contribution in [0, 0.1) is 6.92 Å². The molecule has 0 saturated heterocycles. The maximum atomic E-state index is 13.1. The zero-order chi connectivity index (χ0) is 19.6. The molecule has 0 aliphatic carbocycles. The second kappa shape index (κ2) is 7.40. The topological polar surface area (TPSA) is 86.1 Å². The second-order valence-electron chi connectivity index (χ2n) is 6.52. The number of hydrogen-bond donors (Lipinski definition) is 1. The fourth-order valence-corrected chi connectivity index (χ4v) is 3.86. The first-order valence-electron chi connectivity index (χ1n) is 8.51. The summed E-state index contributed by atoms with van der Waals surface area (Å²) in [7, 11) is -2.21. The average molecular weight is 386 g/mol. The number of aromatic nitrogens is 3. The Morgan fingerprint density at radius 2 is 1.89 bits per heavy atom. The van der Waals surface area contributed by atoms with Crippen LogP contribution in [0.4, 0.5) is 5.69 Å². The highest BCUT2D eigenvalue weighted by atomic mass is 32.2. The van der Waals surface area contributed by atoms with Crippen molar-refractivity contribution < 1.29 is 13.2 Å². The molecule has 0 unspecified atom stereocenters. The second-order valence-corrected chi connectivity index (χ2v) is 8.17. The van der Waals surface area contributed by atoms with Crippen molar-refractivity contribution in [1.82, 2.24) is 14.8 Å². The maximum Gasteiger partial charge on any atom is 0.265 e. The molecule has 1 aromatic carbocycles. The molecule has 7 nitrogen and oxygen atoms in total. The van der Waals surface area contributed by atoms with Crippen LogP contribution in [0.2, 0.25) is 0 Å². The van der Waals surface area contributed by atoms with Gasteiger partial charge in [-0.3, -0.25) is 9.40 Å². The minimum Gasteiger partial charge on any atom is -0.473 e. The summed E-state index contributed by atoms with van der Waals surface area (Å²) in [5.74, 6) is 0.240. The number of pyridine rings is 1. The molecule has 8 heteroatoms. The predicted octanol–water partition coefficient (Wildman–Crippen LogP) is 3.38. The Hall–Kier alpha value is -2.87. The molecule has 2 aromatic heterocycles. The number of benzene rings is 1. The molecule has 2 heterocycles. The Kier molecular flexibility index (Phi) is 5.18. The normalized spacial score (nSPS) is 11.6. The Bertz CT molecular complexity index is 1040. The van der Waals surface area contributed by atoms with Crippen molar-refractivity contribution >= 4 is 15.7 Å². The van der Waals surface area contributed by atoms with Gasteiger partial charge < -0.3 is 4.74 Å². The number of nitrogens with one attached hydrogen (secondary N) is 1. The molecule has 3 aromatic rings. The molecule has 0 bridgehead atoms. The minimum absolute atomic E-state index is 0.0909. The summed E-state index contributed by atoms with van der Waals surface area (Å²) in [5.41, 5.74) is 2.22. The third-order valence-corrected chi connectivity index (χ3v) is 5.08. The third kappa shape index (κ3) is 4.28. The fraction of sp³-hybridized carbons (Fsp3) is 0.263. The lowest BCUT2D eigenvalue weighted by molar-refractivity contribution is 0.234. The van der Waals surface area contributed by atoms with E-state index in [1.54, 1.807) is 19.3 Å². The van der Waals surface area contributed by atoms with Crippen LogP contribution in [-0.4, -0.2) is 29.3 Å². The summed E-state index contributed by atoms with van der Waals surface area (Å²) in [6.07, 6.45) is 2.98. The van der Waals surface area contributed by atoms with Crippen LogP contribution in [0.3, 0.4) is 0 Å². The van der Waals surface area contributed by atoms with Gasteiger partial charge in [0, 0.05) is 25.0 Å². The van der Waals surface area contributed by atoms with Gasteiger partial charge in [-0.15, -0.1) is 0 Å². The van der Waals surface area contributed by atoms with Gasteiger partial charge in [0.1, 0.15) is 16.3 Å². The molecular weight excluding hydrogens is 364 g/mol. The first kappa shape index (κ1) is 18.9. The summed E-state index contributed by atoms with van der Waals surface area (Å²) in [5, 5.41) is 4.33. The molecule has 0 fully saturated rings. The average Bonchev–Trinajstić information content (AvgIpc) is 3.00. The lowest BCUT2D eigenvalue weighted by Crippen LogP contribution is -2.16. The molecule has 0 aliphatic rings. The number of nitrogens with zero attached hydrogens (tertiary/aromatic N) is 3. The van der Waals surface area contributed by atoms with Crippen LogP contribution < -0.4 is 9.46 Å². The molecule has 0 spiro atoms. The zero-order valence-electron chi connectivity index (χ0n) is 15.7. The predicted molar refractivity (Wildman–Crippen MR) is 104 cm³/mol. The van der Waals surface area contributed by atoms with E-state index in [4.69, 9.17) is 4.74 Å². The van der Waals surface area contributed by atoms with Gasteiger partial charge in [-0.05, 0) is 32.4 Å². The number of aryl methyl sites for hydroxylation is 2. The summed E-state index contributed by atoms with van der Waals surface area (Å²) in [6, 6.07) is 10.9. The van der Waals surface area contributed by atoms with E-state index < -0.39 is 10.0 Å². The smallest absolute Gasteiger partial charge is 0.265 e. The number of hydrogen-bond acceptors (Lipinski definition) is 5. The largest absolute Gasteiger partial charge is 0.473 e. The van der Waals surface area contributed by atoms with Crippen molar-refractivity contribution in [3.63, 3.8) is 0 Å². The van der Waals surface area contributed by atoms with Gasteiger partial charge in [-0.1, -0.05) is 30.3 Å². The molecule has 142 valence electrons. The Morgan fingerprint density at radius 3 is 2.56 bits per heavy atom. The van der Waals surface area contributed by atoms with Gasteiger partial charge in [0.2, 0.25) is 5.88 Å². The highest BCUT2D eigenvalue weighted by Crippen LogP contribution is 2.30. The summed E-state index contributed by atoms with van der Waals surface area (Å²) in [6.45, 7) is 5.55. The van der Waals surface area contributed by atoms with E-state index in [0.717, 1.165) is 11.1 Å². The summed E-state index contributed by atoms with van der Waals surface area (Å²) < 4.78 is 36.0. The highest BCUT2D eigenvalue weighted by molar-refractivity contribution is 7.92. The van der Waals surface area contributed by atoms with Gasteiger partial charge in [-0.25, -0.2) is 13.4 Å². The Balaban J connectivity index is 2.04. The van der Waals surface area contributed by atoms with Crippen molar-refractivity contribution in [2.75, 3.05) is 4.72 Å². The number of rotatable bonds is 6. The van der Waals surface area contributed by atoms with Crippen molar-refractivity contribution in [3.8, 4) is 17.1 Å². The first-order chi connectivity index (χ1) is 12.8. The van der Waals surface area contributed by atoms with E-state index in [9.17, 15) is 8.42 Å². The van der Waals surface area contributed by atoms with Crippen LogP contribution in [0.15, 0.2) is 53.7 Å². The quantitative estimate of drug-likeness (QED) is 0.702. The zero-order valence-corrected chi connectivity index (χ0v) is 16.5.